The largest absolute Gasteiger partial charge is 0.491 e. The van der Waals surface area contributed by atoms with Crippen molar-refractivity contribution < 1.29 is 9.53 Å². The molecule has 0 fully saturated rings. The van der Waals surface area contributed by atoms with Gasteiger partial charge in [-0.25, -0.2) is 0 Å². The van der Waals surface area contributed by atoms with Crippen molar-refractivity contribution in [2.45, 2.75) is 11.5 Å². The van der Waals surface area contributed by atoms with E-state index in [0.29, 0.717) is 5.82 Å². The van der Waals surface area contributed by atoms with Gasteiger partial charge in [0.15, 0.2) is 5.75 Å². The average Bonchev–Trinajstić information content (AvgIpc) is 3.02. The number of aryl methyl sites for hydroxylation is 1. The van der Waals surface area contributed by atoms with Crippen molar-refractivity contribution in [2.24, 2.45) is 7.05 Å². The minimum absolute atomic E-state index is 0.171. The van der Waals surface area contributed by atoms with E-state index in [1.807, 2.05) is 0 Å². The molecule has 3 heterocycles. The highest BCUT2D eigenvalue weighted by Crippen LogP contribution is 2.34. The highest BCUT2D eigenvalue weighted by atomic mass is 32.2. The molecule has 21 heavy (non-hydrogen) atoms. The van der Waals surface area contributed by atoms with Gasteiger partial charge in [0.2, 0.25) is 5.43 Å². The Balaban J connectivity index is 1.87. The van der Waals surface area contributed by atoms with Crippen molar-refractivity contribution in [2.75, 3.05) is 12.4 Å². The highest BCUT2D eigenvalue weighted by Gasteiger charge is 2.23. The van der Waals surface area contributed by atoms with Crippen LogP contribution < -0.4 is 15.5 Å². The van der Waals surface area contributed by atoms with E-state index in [2.05, 4.69) is 15.4 Å². The van der Waals surface area contributed by atoms with E-state index in [0.717, 1.165) is 22.8 Å². The minimum Gasteiger partial charge on any atom is -0.491 e. The summed E-state index contributed by atoms with van der Waals surface area (Å²) in [4.78, 5) is 26.7. The topological polar surface area (TPSA) is 89.0 Å². The van der Waals surface area contributed by atoms with Crippen LogP contribution in [0.1, 0.15) is 21.7 Å². The molecule has 1 amide bonds. The van der Waals surface area contributed by atoms with Gasteiger partial charge in [-0.1, -0.05) is 0 Å². The third-order valence-electron chi connectivity index (χ3n) is 3.29. The van der Waals surface area contributed by atoms with Crippen LogP contribution in [0.25, 0.3) is 0 Å². The number of amides is 1. The van der Waals surface area contributed by atoms with E-state index in [1.165, 1.54) is 19.4 Å². The number of methoxy groups -OCH3 is 1. The van der Waals surface area contributed by atoms with Gasteiger partial charge in [0.1, 0.15) is 11.5 Å². The molecule has 0 unspecified atom stereocenters. The van der Waals surface area contributed by atoms with E-state index in [-0.39, 0.29) is 22.8 Å². The van der Waals surface area contributed by atoms with Crippen LogP contribution >= 0.6 is 11.8 Å². The number of rotatable bonds is 3. The smallest absolute Gasteiger partial charge is 0.273 e. The molecule has 0 saturated heterocycles. The number of hydrogen-bond acceptors (Lipinski definition) is 5. The number of nitrogens with zero attached hydrogens (tertiary/aromatic N) is 2. The number of carbonyl (C=O) groups excluding carboxylic acids is 1. The maximum atomic E-state index is 12.2. The lowest BCUT2D eigenvalue weighted by Gasteiger charge is -2.08. The lowest BCUT2D eigenvalue weighted by Crippen LogP contribution is -2.19. The molecule has 7 nitrogen and oxygen atoms in total. The van der Waals surface area contributed by atoms with Gasteiger partial charge >= 0.3 is 0 Å². The van der Waals surface area contributed by atoms with Gasteiger partial charge in [-0.3, -0.25) is 14.3 Å². The fraction of sp³-hybridized carbons (Fsp3) is 0.308. The summed E-state index contributed by atoms with van der Waals surface area (Å²) >= 11 is 1.76. The summed E-state index contributed by atoms with van der Waals surface area (Å²) in [5, 5.41) is 7.18. The Morgan fingerprint density at radius 2 is 2.33 bits per heavy atom. The Bertz CT molecular complexity index is 765. The number of nitrogens with one attached hydrogen (secondary N) is 2. The van der Waals surface area contributed by atoms with Crippen molar-refractivity contribution in [1.29, 1.82) is 0 Å². The molecule has 1 aliphatic heterocycles. The number of ether oxygens (including phenoxy) is 1. The minimum atomic E-state index is -0.377. The second-order valence-corrected chi connectivity index (χ2v) is 5.61. The van der Waals surface area contributed by atoms with Gasteiger partial charge in [-0.2, -0.15) is 16.9 Å². The molecule has 0 aliphatic carbocycles. The summed E-state index contributed by atoms with van der Waals surface area (Å²) in [7, 11) is 3.19. The molecule has 1 aliphatic rings. The van der Waals surface area contributed by atoms with Gasteiger partial charge in [0, 0.05) is 36.4 Å². The Morgan fingerprint density at radius 1 is 1.52 bits per heavy atom. The molecule has 2 aromatic heterocycles. The summed E-state index contributed by atoms with van der Waals surface area (Å²) in [6.07, 6.45) is 1.38. The first-order valence-electron chi connectivity index (χ1n) is 6.30. The van der Waals surface area contributed by atoms with Crippen LogP contribution in [0.4, 0.5) is 5.82 Å². The van der Waals surface area contributed by atoms with E-state index < -0.39 is 0 Å². The van der Waals surface area contributed by atoms with Crippen LogP contribution in [0.5, 0.6) is 5.75 Å². The Kier molecular flexibility index (Phi) is 3.46. The van der Waals surface area contributed by atoms with Gasteiger partial charge in [-0.15, -0.1) is 0 Å². The van der Waals surface area contributed by atoms with Crippen molar-refractivity contribution in [3.05, 3.63) is 39.4 Å². The average molecular weight is 306 g/mol. The zero-order chi connectivity index (χ0) is 15.0. The Morgan fingerprint density at radius 3 is 3.05 bits per heavy atom. The van der Waals surface area contributed by atoms with Crippen molar-refractivity contribution in [1.82, 2.24) is 14.8 Å². The molecule has 0 radical (unpaired) electrons. The molecule has 0 bridgehead atoms. The van der Waals surface area contributed by atoms with E-state index in [9.17, 15) is 9.59 Å². The van der Waals surface area contributed by atoms with Gasteiger partial charge in [0.25, 0.3) is 5.91 Å². The molecule has 0 aromatic carbocycles. The molecule has 3 rings (SSSR count). The Hall–Kier alpha value is -2.22. The normalized spacial score (nSPS) is 13.0. The van der Waals surface area contributed by atoms with Gasteiger partial charge in [-0.05, 0) is 0 Å². The number of hydrogen-bond donors (Lipinski definition) is 2. The molecule has 0 spiro atoms. The lowest BCUT2D eigenvalue weighted by atomic mass is 10.2. The van der Waals surface area contributed by atoms with Crippen molar-refractivity contribution >= 4 is 23.5 Å². The fourth-order valence-corrected chi connectivity index (χ4v) is 3.26. The number of pyridine rings is 1. The molecule has 0 atom stereocenters. The zero-order valence-electron chi connectivity index (χ0n) is 11.6. The second kappa shape index (κ2) is 5.28. The first-order chi connectivity index (χ1) is 10.1. The van der Waals surface area contributed by atoms with Crippen LogP contribution in [-0.2, 0) is 18.6 Å². The van der Waals surface area contributed by atoms with Crippen LogP contribution in [0, 0.1) is 0 Å². The number of H-pyrrole nitrogens is 1. The second-order valence-electron chi connectivity index (χ2n) is 4.62. The molecule has 110 valence electrons. The standard InChI is InChI=1S/C13H14N4O3S/c1-17-12(7-5-21-6-9(7)16-17)15-13(19)8-3-10(18)11(20-2)4-14-8/h3-4H,5-6H2,1-2H3,(H,14,18)(H,15,19). The number of anilines is 1. The summed E-state index contributed by atoms with van der Waals surface area (Å²) in [5.41, 5.74) is 1.89. The first kappa shape index (κ1) is 13.7. The Labute approximate surface area is 124 Å². The molecular weight excluding hydrogens is 292 g/mol. The van der Waals surface area contributed by atoms with Gasteiger partial charge < -0.3 is 15.0 Å². The summed E-state index contributed by atoms with van der Waals surface area (Å²) < 4.78 is 6.53. The molecule has 2 aromatic rings. The number of aromatic amines is 1. The van der Waals surface area contributed by atoms with Crippen LogP contribution in [0.2, 0.25) is 0 Å². The third-order valence-corrected chi connectivity index (χ3v) is 4.26. The highest BCUT2D eigenvalue weighted by molar-refractivity contribution is 7.98. The van der Waals surface area contributed by atoms with E-state index in [1.54, 1.807) is 23.5 Å². The molecular formula is C13H14N4O3S. The van der Waals surface area contributed by atoms with Crippen molar-refractivity contribution in [3.8, 4) is 5.75 Å². The summed E-state index contributed by atoms with van der Waals surface area (Å²) in [6.45, 7) is 0. The number of aromatic nitrogens is 3. The predicted octanol–water partition coefficient (Wildman–Crippen LogP) is 1.12. The quantitative estimate of drug-likeness (QED) is 0.887. The zero-order valence-corrected chi connectivity index (χ0v) is 12.4. The molecule has 0 saturated carbocycles. The SMILES string of the molecule is COc1c[nH]c(C(=O)Nc2c3c(nn2C)CSC3)cc1=O. The molecule has 2 N–H and O–H groups in total. The summed E-state index contributed by atoms with van der Waals surface area (Å²) in [5.74, 6) is 2.16. The maximum absolute atomic E-state index is 12.2. The summed E-state index contributed by atoms with van der Waals surface area (Å²) in [6, 6.07) is 1.22. The van der Waals surface area contributed by atoms with Crippen molar-refractivity contribution in [3.63, 3.8) is 0 Å². The van der Waals surface area contributed by atoms with Crippen LogP contribution in [-0.4, -0.2) is 27.8 Å². The lowest BCUT2D eigenvalue weighted by molar-refractivity contribution is 0.102. The van der Waals surface area contributed by atoms with Gasteiger partial charge in [0.05, 0.1) is 12.8 Å². The number of thioether (sulfide) groups is 1. The van der Waals surface area contributed by atoms with Crippen LogP contribution in [0.3, 0.4) is 0 Å². The predicted molar refractivity (Wildman–Crippen MR) is 79.8 cm³/mol. The third kappa shape index (κ3) is 2.42. The maximum Gasteiger partial charge on any atom is 0.273 e. The number of carbonyl (C=O) groups is 1. The van der Waals surface area contributed by atoms with E-state index >= 15 is 0 Å². The first-order valence-corrected chi connectivity index (χ1v) is 7.46. The molecule has 8 heteroatoms. The van der Waals surface area contributed by atoms with Crippen LogP contribution in [0.15, 0.2) is 17.1 Å². The van der Waals surface area contributed by atoms with E-state index in [4.69, 9.17) is 4.74 Å². The monoisotopic (exact) mass is 306 g/mol. The number of fused-ring (bicyclic) bond motifs is 1. The fourth-order valence-electron chi connectivity index (χ4n) is 2.22.